The number of hydrogen-bond donors (Lipinski definition) is 2. The number of carbonyl (C=O) groups is 4. The van der Waals surface area contributed by atoms with Crippen molar-refractivity contribution >= 4 is 45.3 Å². The normalized spacial score (nSPS) is 26.3. The highest BCUT2D eigenvalue weighted by Gasteiger charge is 2.31. The van der Waals surface area contributed by atoms with Crippen LogP contribution >= 0.6 is 21.6 Å². The molecule has 2 aliphatic heterocycles. The summed E-state index contributed by atoms with van der Waals surface area (Å²) >= 11 is 0. The van der Waals surface area contributed by atoms with Gasteiger partial charge in [0, 0.05) is 25.1 Å². The average molecular weight is 520 g/mol. The Morgan fingerprint density at radius 3 is 2.54 bits per heavy atom. The van der Waals surface area contributed by atoms with Crippen LogP contribution in [0.25, 0.3) is 0 Å². The molecule has 1 aromatic rings. The van der Waals surface area contributed by atoms with Crippen LogP contribution in [0.15, 0.2) is 36.4 Å². The van der Waals surface area contributed by atoms with Crippen molar-refractivity contribution in [3.63, 3.8) is 0 Å². The van der Waals surface area contributed by atoms with Gasteiger partial charge >= 0.3 is 5.97 Å². The van der Waals surface area contributed by atoms with E-state index >= 15 is 0 Å². The van der Waals surface area contributed by atoms with Gasteiger partial charge in [0.15, 0.2) is 0 Å². The van der Waals surface area contributed by atoms with Gasteiger partial charge < -0.3 is 20.3 Å². The van der Waals surface area contributed by atoms with E-state index in [0.717, 1.165) is 23.3 Å². The minimum atomic E-state index is -0.820. The third-order valence-corrected chi connectivity index (χ3v) is 8.27. The fourth-order valence-electron chi connectivity index (χ4n) is 3.92. The highest BCUT2D eigenvalue weighted by molar-refractivity contribution is 8.76. The molecule has 2 heterocycles. The maximum absolute atomic E-state index is 13.4. The second-order valence-electron chi connectivity index (χ2n) is 9.05. The maximum Gasteiger partial charge on any atom is 0.310 e. The zero-order valence-corrected chi connectivity index (χ0v) is 22.0. The molecule has 3 atom stereocenters. The van der Waals surface area contributed by atoms with E-state index in [1.165, 1.54) is 10.8 Å². The van der Waals surface area contributed by atoms with Gasteiger partial charge in [-0.2, -0.15) is 0 Å². The Kier molecular flexibility index (Phi) is 10.1. The van der Waals surface area contributed by atoms with Crippen LogP contribution < -0.4 is 10.6 Å². The van der Waals surface area contributed by atoms with E-state index < -0.39 is 36.0 Å². The number of esters is 1. The first kappa shape index (κ1) is 27.1. The number of allylic oxidation sites excluding steroid dienone is 1. The summed E-state index contributed by atoms with van der Waals surface area (Å²) < 4.78 is 5.68. The smallest absolute Gasteiger partial charge is 0.310 e. The van der Waals surface area contributed by atoms with Gasteiger partial charge in [-0.15, -0.1) is 0 Å². The molecule has 0 aromatic heterocycles. The minimum absolute atomic E-state index is 0.0324. The highest BCUT2D eigenvalue weighted by atomic mass is 33.1. The topological polar surface area (TPSA) is 105 Å². The van der Waals surface area contributed by atoms with E-state index in [4.69, 9.17) is 4.74 Å². The van der Waals surface area contributed by atoms with Crippen molar-refractivity contribution in [3.8, 4) is 0 Å². The van der Waals surface area contributed by atoms with Crippen LogP contribution in [0, 0.1) is 5.92 Å². The summed E-state index contributed by atoms with van der Waals surface area (Å²) in [5.41, 5.74) is 1.58. The number of hydrogen-bond acceptors (Lipinski definition) is 7. The van der Waals surface area contributed by atoms with Crippen LogP contribution in [-0.2, 0) is 36.9 Å². The molecule has 0 spiro atoms. The number of nitrogens with one attached hydrogen (secondary N) is 2. The van der Waals surface area contributed by atoms with Crippen molar-refractivity contribution in [2.45, 2.75) is 57.8 Å². The van der Waals surface area contributed by atoms with Gasteiger partial charge in [0.2, 0.25) is 17.7 Å². The Labute approximate surface area is 214 Å². The van der Waals surface area contributed by atoms with Crippen molar-refractivity contribution in [3.05, 3.63) is 47.5 Å². The monoisotopic (exact) mass is 519 g/mol. The quantitative estimate of drug-likeness (QED) is 0.334. The molecule has 8 nitrogen and oxygen atoms in total. The van der Waals surface area contributed by atoms with Crippen LogP contribution in [0.3, 0.4) is 0 Å². The first-order chi connectivity index (χ1) is 16.7. The standard InChI is InChI=1S/C25H33N3O5S2/c1-16(2)23-24(31)26-20-15-35-34-11-7-6-10-19(13-21(29)27-23)33-22(30)12-17-8-4-5-9-18(17)14-28(3)25(20)32/h4-6,8-10,16,19-20,23H,7,11-15H2,1-3H3,(H,26,31)(H,27,29)/b10-6+/t19-,20-,23-/m1/s1. The first-order valence-corrected chi connectivity index (χ1v) is 14.3. The molecule has 2 bridgehead atoms. The number of benzene rings is 1. The molecule has 3 amide bonds. The van der Waals surface area contributed by atoms with Crippen LogP contribution in [0.1, 0.15) is 37.8 Å². The molecule has 35 heavy (non-hydrogen) atoms. The van der Waals surface area contributed by atoms with Crippen LogP contribution in [0.2, 0.25) is 0 Å². The van der Waals surface area contributed by atoms with Crippen LogP contribution in [-0.4, -0.2) is 65.3 Å². The summed E-state index contributed by atoms with van der Waals surface area (Å²) in [5, 5.41) is 5.66. The Hall–Kier alpha value is -2.46. The number of likely N-dealkylation sites (N-methyl/N-ethyl adjacent to an activating group) is 1. The molecular formula is C25H33N3O5S2. The number of amides is 3. The number of nitrogens with zero attached hydrogens (tertiary/aromatic N) is 1. The fourth-order valence-corrected chi connectivity index (χ4v) is 6.07. The van der Waals surface area contributed by atoms with Crippen molar-refractivity contribution in [1.82, 2.24) is 15.5 Å². The summed E-state index contributed by atoms with van der Waals surface area (Å²) in [6.45, 7) is 3.96. The lowest BCUT2D eigenvalue weighted by Crippen LogP contribution is -2.56. The second-order valence-corrected chi connectivity index (χ2v) is 11.7. The molecule has 1 aromatic carbocycles. The lowest BCUT2D eigenvalue weighted by Gasteiger charge is -2.28. The third kappa shape index (κ3) is 8.03. The molecule has 0 fully saturated rings. The van der Waals surface area contributed by atoms with Gasteiger partial charge in [0.25, 0.3) is 0 Å². The van der Waals surface area contributed by atoms with Gasteiger partial charge in [0.1, 0.15) is 18.2 Å². The predicted octanol–water partition coefficient (Wildman–Crippen LogP) is 2.47. The van der Waals surface area contributed by atoms with Gasteiger partial charge in [-0.1, -0.05) is 65.8 Å². The van der Waals surface area contributed by atoms with E-state index in [1.54, 1.807) is 28.8 Å². The summed E-state index contributed by atoms with van der Waals surface area (Å²) in [7, 11) is 4.82. The van der Waals surface area contributed by atoms with E-state index in [9.17, 15) is 19.2 Å². The van der Waals surface area contributed by atoms with Crippen molar-refractivity contribution in [2.24, 2.45) is 5.92 Å². The molecule has 3 rings (SSSR count). The van der Waals surface area contributed by atoms with E-state index in [0.29, 0.717) is 12.3 Å². The summed E-state index contributed by atoms with van der Waals surface area (Å²) in [6.07, 6.45) is 3.58. The molecule has 2 N–H and O–H groups in total. The molecule has 0 saturated heterocycles. The van der Waals surface area contributed by atoms with E-state index in [2.05, 4.69) is 10.6 Å². The third-order valence-electron chi connectivity index (χ3n) is 5.82. The molecule has 0 unspecified atom stereocenters. The maximum atomic E-state index is 13.4. The molecule has 0 aliphatic carbocycles. The Morgan fingerprint density at radius 1 is 1.06 bits per heavy atom. The molecular weight excluding hydrogens is 486 g/mol. The van der Waals surface area contributed by atoms with E-state index in [-0.39, 0.29) is 24.7 Å². The summed E-state index contributed by atoms with van der Waals surface area (Å²) in [4.78, 5) is 53.9. The van der Waals surface area contributed by atoms with Crippen LogP contribution in [0.5, 0.6) is 0 Å². The Morgan fingerprint density at radius 2 is 1.80 bits per heavy atom. The van der Waals surface area contributed by atoms with E-state index in [1.807, 2.05) is 44.2 Å². The largest absolute Gasteiger partial charge is 0.457 e. The molecule has 0 saturated carbocycles. The number of fused-ring (bicyclic) bond motifs is 8. The first-order valence-electron chi connectivity index (χ1n) is 11.8. The van der Waals surface area contributed by atoms with Gasteiger partial charge in [-0.05, 0) is 29.5 Å². The van der Waals surface area contributed by atoms with Crippen molar-refractivity contribution in [1.29, 1.82) is 0 Å². The summed E-state index contributed by atoms with van der Waals surface area (Å²) in [6, 6.07) is 5.84. The Bertz CT molecular complexity index is 968. The van der Waals surface area contributed by atoms with Gasteiger partial charge in [-0.3, -0.25) is 19.2 Å². The van der Waals surface area contributed by atoms with Crippen LogP contribution in [0.4, 0.5) is 0 Å². The van der Waals surface area contributed by atoms with Crippen molar-refractivity contribution in [2.75, 3.05) is 18.6 Å². The molecule has 0 radical (unpaired) electrons. The average Bonchev–Trinajstić information content (AvgIpc) is 2.80. The zero-order chi connectivity index (χ0) is 25.4. The van der Waals surface area contributed by atoms with Gasteiger partial charge in [-0.25, -0.2) is 0 Å². The van der Waals surface area contributed by atoms with Crippen molar-refractivity contribution < 1.29 is 23.9 Å². The lowest BCUT2D eigenvalue weighted by molar-refractivity contribution is -0.147. The molecule has 2 aliphatic rings. The second kappa shape index (κ2) is 13.0. The zero-order valence-electron chi connectivity index (χ0n) is 20.3. The Balaban J connectivity index is 2.03. The lowest BCUT2D eigenvalue weighted by atomic mass is 10.0. The molecule has 190 valence electrons. The minimum Gasteiger partial charge on any atom is -0.457 e. The number of ether oxygens (including phenoxy) is 1. The summed E-state index contributed by atoms with van der Waals surface area (Å²) in [5.74, 6) is -0.510. The number of rotatable bonds is 1. The fraction of sp³-hybridized carbons (Fsp3) is 0.520. The highest BCUT2D eigenvalue weighted by Crippen LogP contribution is 2.24. The molecule has 10 heteroatoms. The SMILES string of the molecule is CC(C)[C@H]1NC(=O)C[C@H]2/C=C/CCSSC[C@@H](NC1=O)C(=O)N(C)Cc1ccccc1CC(=O)O2. The number of carbonyl (C=O) groups excluding carboxylic acids is 4. The predicted molar refractivity (Wildman–Crippen MR) is 138 cm³/mol. The van der Waals surface area contributed by atoms with Gasteiger partial charge in [0.05, 0.1) is 12.8 Å².